The van der Waals surface area contributed by atoms with Gasteiger partial charge in [-0.1, -0.05) is 17.3 Å². The molecule has 0 saturated heterocycles. The van der Waals surface area contributed by atoms with Crippen molar-refractivity contribution in [1.82, 2.24) is 34.8 Å². The van der Waals surface area contributed by atoms with Crippen LogP contribution in [0.15, 0.2) is 85.5 Å². The highest BCUT2D eigenvalue weighted by atomic mass is 32.2. The molecule has 3 aromatic carbocycles. The molecule has 0 unspecified atom stereocenters. The summed E-state index contributed by atoms with van der Waals surface area (Å²) in [5.41, 5.74) is 5.07. The third-order valence-electron chi connectivity index (χ3n) is 6.66. The van der Waals surface area contributed by atoms with Crippen LogP contribution in [0.25, 0.3) is 27.5 Å². The van der Waals surface area contributed by atoms with Gasteiger partial charge in [-0.15, -0.1) is 5.10 Å². The number of fused-ring (bicyclic) bond motifs is 2. The van der Waals surface area contributed by atoms with Crippen LogP contribution in [-0.2, 0) is 22.9 Å². The minimum Gasteiger partial charge on any atom is -0.343 e. The van der Waals surface area contributed by atoms with E-state index in [-0.39, 0.29) is 11.6 Å². The highest BCUT2D eigenvalue weighted by Crippen LogP contribution is 2.28. The third-order valence-corrected chi connectivity index (χ3v) is 7.60. The first-order valence-corrected chi connectivity index (χ1v) is 15.0. The van der Waals surface area contributed by atoms with Gasteiger partial charge in [0.2, 0.25) is 0 Å². The van der Waals surface area contributed by atoms with E-state index in [1.165, 1.54) is 18.6 Å². The van der Waals surface area contributed by atoms with E-state index in [9.17, 15) is 12.8 Å². The molecule has 0 amide bonds. The summed E-state index contributed by atoms with van der Waals surface area (Å²) in [6.45, 7) is 1.33. The average molecular weight is 571 g/mol. The average Bonchev–Trinajstić information content (AvgIpc) is 3.58. The molecule has 0 aliphatic rings. The summed E-state index contributed by atoms with van der Waals surface area (Å²) in [5.74, 6) is 0.474. The van der Waals surface area contributed by atoms with Gasteiger partial charge in [0.05, 0.1) is 28.8 Å². The minimum atomic E-state index is -3.02. The van der Waals surface area contributed by atoms with Crippen molar-refractivity contribution in [3.63, 3.8) is 0 Å². The van der Waals surface area contributed by atoms with Gasteiger partial charge in [0.15, 0.2) is 0 Å². The van der Waals surface area contributed by atoms with Crippen LogP contribution in [-0.4, -0.2) is 56.5 Å². The topological polar surface area (TPSA) is 120 Å². The van der Waals surface area contributed by atoms with Crippen LogP contribution in [0.1, 0.15) is 11.3 Å². The van der Waals surface area contributed by atoms with E-state index in [0.29, 0.717) is 31.1 Å². The van der Waals surface area contributed by atoms with Crippen molar-refractivity contribution in [3.05, 3.63) is 103 Å². The van der Waals surface area contributed by atoms with Crippen molar-refractivity contribution in [2.75, 3.05) is 23.9 Å². The van der Waals surface area contributed by atoms with Gasteiger partial charge in [-0.25, -0.2) is 27.5 Å². The Labute approximate surface area is 235 Å². The van der Waals surface area contributed by atoms with E-state index in [2.05, 4.69) is 41.5 Å². The summed E-state index contributed by atoms with van der Waals surface area (Å²) in [6.07, 6.45) is 6.53. The molecule has 0 saturated carbocycles. The molecule has 12 heteroatoms. The second kappa shape index (κ2) is 11.1. The first kappa shape index (κ1) is 26.5. The van der Waals surface area contributed by atoms with E-state index in [1.807, 2.05) is 48.7 Å². The molecule has 0 fully saturated rings. The molecule has 6 aromatic rings. The number of halogens is 1. The van der Waals surface area contributed by atoms with Gasteiger partial charge in [0.25, 0.3) is 0 Å². The predicted octanol–water partition coefficient (Wildman–Crippen LogP) is 4.23. The maximum absolute atomic E-state index is 13.6. The molecule has 0 radical (unpaired) electrons. The zero-order valence-electron chi connectivity index (χ0n) is 22.2. The molecule has 3 aromatic heterocycles. The normalized spacial score (nSPS) is 11.9. The molecule has 208 valence electrons. The molecule has 41 heavy (non-hydrogen) atoms. The number of anilines is 2. The van der Waals surface area contributed by atoms with E-state index >= 15 is 0 Å². The molecule has 0 spiro atoms. The molecule has 6 rings (SSSR count). The fourth-order valence-corrected chi connectivity index (χ4v) is 5.17. The third kappa shape index (κ3) is 6.23. The van der Waals surface area contributed by atoms with Crippen LogP contribution < -0.4 is 10.6 Å². The Kier molecular flexibility index (Phi) is 7.16. The van der Waals surface area contributed by atoms with Gasteiger partial charge in [-0.2, -0.15) is 0 Å². The Balaban J connectivity index is 1.21. The largest absolute Gasteiger partial charge is 0.343 e. The van der Waals surface area contributed by atoms with Gasteiger partial charge in [0, 0.05) is 54.1 Å². The molecular formula is C29H27FN8O2S. The lowest BCUT2D eigenvalue weighted by Crippen LogP contribution is -2.22. The summed E-state index contributed by atoms with van der Waals surface area (Å²) < 4.78 is 40.0. The zero-order valence-corrected chi connectivity index (χ0v) is 23.0. The van der Waals surface area contributed by atoms with Crippen molar-refractivity contribution in [1.29, 1.82) is 0 Å². The minimum absolute atomic E-state index is 0.0647. The Hall–Kier alpha value is -4.68. The molecule has 0 aliphatic carbocycles. The van der Waals surface area contributed by atoms with Crippen LogP contribution in [0.5, 0.6) is 0 Å². The van der Waals surface area contributed by atoms with Gasteiger partial charge in [-0.05, 0) is 60.2 Å². The summed E-state index contributed by atoms with van der Waals surface area (Å²) in [7, 11) is -3.02. The highest BCUT2D eigenvalue weighted by molar-refractivity contribution is 7.90. The first-order chi connectivity index (χ1) is 19.8. The lowest BCUT2D eigenvalue weighted by atomic mass is 10.2. The number of sulfone groups is 1. The molecule has 0 bridgehead atoms. The number of nitrogens with zero attached hydrogens (tertiary/aromatic N) is 6. The summed E-state index contributed by atoms with van der Waals surface area (Å²) in [5, 5.41) is 16.8. The quantitative estimate of drug-likeness (QED) is 0.235. The number of nitrogens with one attached hydrogen (secondary N) is 2. The zero-order chi connectivity index (χ0) is 28.4. The lowest BCUT2D eigenvalue weighted by molar-refractivity contribution is 0.595. The Morgan fingerprint density at radius 2 is 1.90 bits per heavy atom. The van der Waals surface area contributed by atoms with Crippen molar-refractivity contribution >= 4 is 43.1 Å². The number of hydrogen-bond donors (Lipinski definition) is 2. The van der Waals surface area contributed by atoms with Gasteiger partial charge in [-0.3, -0.25) is 0 Å². The van der Waals surface area contributed by atoms with Crippen LogP contribution >= 0.6 is 0 Å². The van der Waals surface area contributed by atoms with E-state index in [0.717, 1.165) is 38.7 Å². The first-order valence-electron chi connectivity index (χ1n) is 13.0. The Morgan fingerprint density at radius 3 is 2.76 bits per heavy atom. The molecule has 0 aliphatic heterocycles. The number of aromatic nitrogens is 6. The fraction of sp³-hybridized carbons (Fsp3) is 0.172. The summed E-state index contributed by atoms with van der Waals surface area (Å²) in [4.78, 5) is 8.90. The van der Waals surface area contributed by atoms with Crippen LogP contribution in [0, 0.1) is 5.82 Å². The number of rotatable bonds is 10. The molecule has 2 N–H and O–H groups in total. The highest BCUT2D eigenvalue weighted by Gasteiger charge is 2.10. The van der Waals surface area contributed by atoms with Crippen molar-refractivity contribution < 1.29 is 12.8 Å². The standard InChI is InChI=1S/C29H27FN8O2S/c1-41(39,40)12-10-31-16-24-18-38(36-35-24)25-6-7-27-26(15-25)29(33-19-32-27)34-23-5-8-28-21(14-23)9-11-37(28)17-20-3-2-4-22(30)13-20/h2-9,11,13-15,18-19,31H,10,12,16-17H2,1H3,(H,32,33,34). The molecule has 0 atom stereocenters. The van der Waals surface area contributed by atoms with Crippen molar-refractivity contribution in [2.45, 2.75) is 13.1 Å². The van der Waals surface area contributed by atoms with Crippen LogP contribution in [0.4, 0.5) is 15.9 Å². The number of hydrogen-bond acceptors (Lipinski definition) is 8. The van der Waals surface area contributed by atoms with Gasteiger partial charge < -0.3 is 15.2 Å². The summed E-state index contributed by atoms with van der Waals surface area (Å²) in [6, 6.07) is 20.5. The Morgan fingerprint density at radius 1 is 1.00 bits per heavy atom. The summed E-state index contributed by atoms with van der Waals surface area (Å²) >= 11 is 0. The predicted molar refractivity (Wildman–Crippen MR) is 157 cm³/mol. The van der Waals surface area contributed by atoms with Crippen LogP contribution in [0.3, 0.4) is 0 Å². The van der Waals surface area contributed by atoms with Crippen molar-refractivity contribution in [2.24, 2.45) is 0 Å². The maximum Gasteiger partial charge on any atom is 0.148 e. The van der Waals surface area contributed by atoms with E-state index in [4.69, 9.17) is 0 Å². The molecule has 10 nitrogen and oxygen atoms in total. The van der Waals surface area contributed by atoms with E-state index < -0.39 is 9.84 Å². The lowest BCUT2D eigenvalue weighted by Gasteiger charge is -2.11. The van der Waals surface area contributed by atoms with Gasteiger partial charge in [0.1, 0.15) is 27.8 Å². The molecular weight excluding hydrogens is 543 g/mol. The number of benzene rings is 3. The SMILES string of the molecule is CS(=O)(=O)CCNCc1cn(-c2ccc3ncnc(Nc4ccc5c(ccn5Cc5cccc(F)c5)c4)c3c2)nn1. The second-order valence-electron chi connectivity index (χ2n) is 9.86. The van der Waals surface area contributed by atoms with E-state index in [1.54, 1.807) is 23.0 Å². The monoisotopic (exact) mass is 570 g/mol. The van der Waals surface area contributed by atoms with Crippen LogP contribution in [0.2, 0.25) is 0 Å². The molecule has 3 heterocycles. The Bertz CT molecular complexity index is 1970. The van der Waals surface area contributed by atoms with Crippen molar-refractivity contribution in [3.8, 4) is 5.69 Å². The maximum atomic E-state index is 13.6. The van der Waals surface area contributed by atoms with Gasteiger partial charge >= 0.3 is 0 Å². The fourth-order valence-electron chi connectivity index (χ4n) is 4.65. The smallest absolute Gasteiger partial charge is 0.148 e. The second-order valence-corrected chi connectivity index (χ2v) is 12.1.